The van der Waals surface area contributed by atoms with Crippen molar-refractivity contribution in [3.63, 3.8) is 0 Å². The lowest BCUT2D eigenvalue weighted by Gasteiger charge is -2.14. The Labute approximate surface area is 148 Å². The molecule has 25 heavy (non-hydrogen) atoms. The maximum Gasteiger partial charge on any atom is 0.308 e. The zero-order valence-electron chi connectivity index (χ0n) is 13.4. The Balaban J connectivity index is 1.54. The van der Waals surface area contributed by atoms with Gasteiger partial charge in [-0.1, -0.05) is 12.1 Å². The number of carboxylic acids is 1. The van der Waals surface area contributed by atoms with Crippen molar-refractivity contribution < 1.29 is 19.1 Å². The molecule has 4 rings (SSSR count). The van der Waals surface area contributed by atoms with E-state index >= 15 is 0 Å². The molecule has 2 atom stereocenters. The number of benzene rings is 1. The minimum atomic E-state index is -0.830. The summed E-state index contributed by atoms with van der Waals surface area (Å²) in [5.41, 5.74) is 0.368. The first-order valence-electron chi connectivity index (χ1n) is 8.27. The van der Waals surface area contributed by atoms with Crippen LogP contribution in [0.5, 0.6) is 0 Å². The second-order valence-electron chi connectivity index (χ2n) is 6.67. The van der Waals surface area contributed by atoms with Gasteiger partial charge in [-0.2, -0.15) is 0 Å². The highest BCUT2D eigenvalue weighted by Crippen LogP contribution is 2.44. The van der Waals surface area contributed by atoms with E-state index in [1.807, 2.05) is 0 Å². The quantitative estimate of drug-likeness (QED) is 0.909. The highest BCUT2D eigenvalue weighted by molar-refractivity contribution is 7.16. The van der Waals surface area contributed by atoms with Crippen LogP contribution in [-0.2, 0) is 4.79 Å². The number of hydrogen-bond acceptors (Lipinski definition) is 4. The Morgan fingerprint density at radius 1 is 1.24 bits per heavy atom. The third-order valence-corrected chi connectivity index (χ3v) is 6.04. The molecule has 7 heteroatoms. The van der Waals surface area contributed by atoms with Crippen molar-refractivity contribution >= 4 is 23.2 Å². The van der Waals surface area contributed by atoms with Crippen molar-refractivity contribution in [2.24, 2.45) is 17.8 Å². The van der Waals surface area contributed by atoms with Gasteiger partial charge in [0.2, 0.25) is 0 Å². The molecule has 130 valence electrons. The average Bonchev–Trinajstić information content (AvgIpc) is 3.16. The number of hydrogen-bond donors (Lipinski definition) is 1. The molecule has 0 bridgehead atoms. The first-order chi connectivity index (χ1) is 12.0. The molecule has 1 aromatic carbocycles. The maximum atomic E-state index is 13.9. The molecule has 1 N–H and O–H groups in total. The summed E-state index contributed by atoms with van der Waals surface area (Å²) in [6.07, 6.45) is 3.55. The van der Waals surface area contributed by atoms with Crippen molar-refractivity contribution in [2.75, 3.05) is 13.1 Å². The lowest BCUT2D eigenvalue weighted by Crippen LogP contribution is -2.29. The van der Waals surface area contributed by atoms with Gasteiger partial charge in [0.1, 0.15) is 15.7 Å². The monoisotopic (exact) mass is 360 g/mol. The van der Waals surface area contributed by atoms with Gasteiger partial charge in [-0.15, -0.1) is 11.3 Å². The van der Waals surface area contributed by atoms with Crippen molar-refractivity contribution in [3.8, 4) is 10.6 Å². The van der Waals surface area contributed by atoms with Crippen molar-refractivity contribution in [2.45, 2.75) is 12.8 Å². The van der Waals surface area contributed by atoms with Gasteiger partial charge in [-0.05, 0) is 36.8 Å². The second kappa shape index (κ2) is 6.22. The van der Waals surface area contributed by atoms with E-state index in [9.17, 15) is 19.1 Å². The fourth-order valence-corrected chi connectivity index (χ4v) is 4.46. The van der Waals surface area contributed by atoms with E-state index in [0.717, 1.165) is 24.2 Å². The van der Waals surface area contributed by atoms with Crippen LogP contribution in [-0.4, -0.2) is 40.0 Å². The van der Waals surface area contributed by atoms with Crippen LogP contribution in [0.3, 0.4) is 0 Å². The Kier molecular flexibility index (Phi) is 4.03. The molecule has 0 unspecified atom stereocenters. The Hall–Kier alpha value is -2.28. The summed E-state index contributed by atoms with van der Waals surface area (Å²) < 4.78 is 13.9. The van der Waals surface area contributed by atoms with E-state index in [-0.39, 0.29) is 24.2 Å². The number of rotatable bonds is 4. The van der Waals surface area contributed by atoms with E-state index in [1.165, 1.54) is 12.3 Å². The highest BCUT2D eigenvalue weighted by atomic mass is 32.1. The summed E-state index contributed by atoms with van der Waals surface area (Å²) in [4.78, 5) is 30.4. The molecule has 1 aliphatic heterocycles. The minimum Gasteiger partial charge on any atom is -0.481 e. The van der Waals surface area contributed by atoms with E-state index < -0.39 is 11.9 Å². The molecule has 1 saturated heterocycles. The molecule has 5 nitrogen and oxygen atoms in total. The van der Waals surface area contributed by atoms with Gasteiger partial charge in [0.25, 0.3) is 5.91 Å². The van der Waals surface area contributed by atoms with Crippen LogP contribution < -0.4 is 0 Å². The first kappa shape index (κ1) is 16.2. The molecule has 1 aromatic heterocycles. The highest BCUT2D eigenvalue weighted by Gasteiger charge is 2.47. The normalized spacial score (nSPS) is 23.0. The number of carbonyl (C=O) groups excluding carboxylic acids is 1. The van der Waals surface area contributed by atoms with Crippen LogP contribution in [0.1, 0.15) is 22.5 Å². The lowest BCUT2D eigenvalue weighted by atomic mass is 9.92. The molecular weight excluding hydrogens is 343 g/mol. The number of amides is 1. The zero-order chi connectivity index (χ0) is 17.6. The summed E-state index contributed by atoms with van der Waals surface area (Å²) in [6.45, 7) is 0.718. The fraction of sp³-hybridized carbons (Fsp3) is 0.389. The SMILES string of the molecule is O=C(O)[C@H]1CN(C(=O)c2cnc(-c3ccccc3F)s2)C[C@@H]1C1CC1. The summed E-state index contributed by atoms with van der Waals surface area (Å²) in [5, 5.41) is 9.88. The Morgan fingerprint density at radius 3 is 2.68 bits per heavy atom. The number of aliphatic carboxylic acids is 1. The van der Waals surface area contributed by atoms with Crippen LogP contribution in [0.2, 0.25) is 0 Å². The van der Waals surface area contributed by atoms with Gasteiger partial charge in [-0.25, -0.2) is 9.37 Å². The van der Waals surface area contributed by atoms with Crippen molar-refractivity contribution in [1.29, 1.82) is 0 Å². The summed E-state index contributed by atoms with van der Waals surface area (Å²) in [5.74, 6) is -1.44. The molecule has 1 aliphatic carbocycles. The number of aromatic nitrogens is 1. The number of carbonyl (C=O) groups is 2. The smallest absolute Gasteiger partial charge is 0.308 e. The Bertz CT molecular complexity index is 833. The van der Waals surface area contributed by atoms with Gasteiger partial charge in [0.05, 0.1) is 12.1 Å². The summed E-state index contributed by atoms with van der Waals surface area (Å²) in [7, 11) is 0. The zero-order valence-corrected chi connectivity index (χ0v) is 14.2. The summed E-state index contributed by atoms with van der Waals surface area (Å²) in [6, 6.07) is 6.31. The number of thiazole rings is 1. The standard InChI is InChI=1S/C18H17FN2O3S/c19-14-4-2-1-3-11(14)16-20-7-15(25-16)17(22)21-8-12(10-5-6-10)13(9-21)18(23)24/h1-4,7,10,12-13H,5-6,8-9H2,(H,23,24)/t12-,13+/m1/s1. The van der Waals surface area contributed by atoms with Crippen LogP contribution in [0.4, 0.5) is 4.39 Å². The third-order valence-electron chi connectivity index (χ3n) is 5.02. The van der Waals surface area contributed by atoms with Crippen LogP contribution in [0.15, 0.2) is 30.5 Å². The molecule has 2 aromatic rings. The van der Waals surface area contributed by atoms with Gasteiger partial charge >= 0.3 is 5.97 Å². The van der Waals surface area contributed by atoms with Crippen LogP contribution in [0.25, 0.3) is 10.6 Å². The molecular formula is C18H17FN2O3S. The molecule has 2 aliphatic rings. The molecule has 2 fully saturated rings. The predicted octanol–water partition coefficient (Wildman–Crippen LogP) is 3.13. The van der Waals surface area contributed by atoms with Crippen LogP contribution >= 0.6 is 11.3 Å². The lowest BCUT2D eigenvalue weighted by molar-refractivity contribution is -0.142. The number of carboxylic acid groups (broad SMARTS) is 1. The fourth-order valence-electron chi connectivity index (χ4n) is 3.55. The Morgan fingerprint density at radius 2 is 2.00 bits per heavy atom. The molecule has 0 spiro atoms. The van der Waals surface area contributed by atoms with Gasteiger partial charge in [0.15, 0.2) is 0 Å². The number of likely N-dealkylation sites (tertiary alicyclic amines) is 1. The van der Waals surface area contributed by atoms with E-state index in [0.29, 0.717) is 27.9 Å². The maximum absolute atomic E-state index is 13.9. The van der Waals surface area contributed by atoms with E-state index in [2.05, 4.69) is 4.98 Å². The summed E-state index contributed by atoms with van der Waals surface area (Å²) >= 11 is 1.14. The molecule has 2 heterocycles. The molecule has 1 saturated carbocycles. The van der Waals surface area contributed by atoms with E-state index in [1.54, 1.807) is 23.1 Å². The molecule has 1 amide bonds. The second-order valence-corrected chi connectivity index (χ2v) is 7.70. The number of halogens is 1. The van der Waals surface area contributed by atoms with Gasteiger partial charge in [-0.3, -0.25) is 9.59 Å². The topological polar surface area (TPSA) is 70.5 Å². The number of nitrogens with zero attached hydrogens (tertiary/aromatic N) is 2. The van der Waals surface area contributed by atoms with Crippen molar-refractivity contribution in [3.05, 3.63) is 41.2 Å². The first-order valence-corrected chi connectivity index (χ1v) is 9.09. The van der Waals surface area contributed by atoms with Crippen LogP contribution in [0, 0.1) is 23.6 Å². The molecule has 0 radical (unpaired) electrons. The predicted molar refractivity (Wildman–Crippen MR) is 90.8 cm³/mol. The van der Waals surface area contributed by atoms with Crippen molar-refractivity contribution in [1.82, 2.24) is 9.88 Å². The largest absolute Gasteiger partial charge is 0.481 e. The van der Waals surface area contributed by atoms with Gasteiger partial charge < -0.3 is 10.0 Å². The average molecular weight is 360 g/mol. The minimum absolute atomic E-state index is 0.0420. The van der Waals surface area contributed by atoms with E-state index in [4.69, 9.17) is 0 Å². The van der Waals surface area contributed by atoms with Gasteiger partial charge in [0, 0.05) is 18.7 Å². The third kappa shape index (κ3) is 3.04.